The predicted octanol–water partition coefficient (Wildman–Crippen LogP) is 4.24. The third-order valence-electron chi connectivity index (χ3n) is 4.04. The summed E-state index contributed by atoms with van der Waals surface area (Å²) >= 11 is 1.23. The number of ether oxygens (including phenoxy) is 1. The molecule has 9 heteroatoms. The highest BCUT2D eigenvalue weighted by atomic mass is 32.2. The van der Waals surface area contributed by atoms with Crippen LogP contribution in [0.1, 0.15) is 28.4 Å². The topological polar surface area (TPSA) is 69.9 Å². The minimum Gasteiger partial charge on any atom is -0.435 e. The van der Waals surface area contributed by atoms with Crippen LogP contribution < -0.4 is 4.74 Å². The second-order valence-corrected chi connectivity index (χ2v) is 7.50. The second-order valence-electron chi connectivity index (χ2n) is 6.19. The van der Waals surface area contributed by atoms with Crippen LogP contribution in [0.4, 0.5) is 8.78 Å². The van der Waals surface area contributed by atoms with E-state index in [0.717, 1.165) is 16.8 Å². The number of carbonyl (C=O) groups is 1. The van der Waals surface area contributed by atoms with E-state index < -0.39 is 11.9 Å². The molecule has 0 fully saturated rings. The van der Waals surface area contributed by atoms with Gasteiger partial charge in [-0.1, -0.05) is 29.5 Å². The van der Waals surface area contributed by atoms with Crippen molar-refractivity contribution >= 4 is 17.5 Å². The molecule has 1 heterocycles. The van der Waals surface area contributed by atoms with Gasteiger partial charge in [-0.25, -0.2) is 0 Å². The van der Waals surface area contributed by atoms with Gasteiger partial charge in [0.1, 0.15) is 5.75 Å². The van der Waals surface area contributed by atoms with Crippen LogP contribution in [0.15, 0.2) is 47.6 Å². The summed E-state index contributed by atoms with van der Waals surface area (Å²) in [4.78, 5) is 12.7. The average molecular weight is 404 g/mol. The fraction of sp³-hybridized carbons (Fsp3) is 0.263. The summed E-state index contributed by atoms with van der Waals surface area (Å²) in [5, 5.41) is 11.8. The zero-order chi connectivity index (χ0) is 20.3. The van der Waals surface area contributed by atoms with Gasteiger partial charge in [0, 0.05) is 5.56 Å². The molecule has 1 atom stereocenters. The Morgan fingerprint density at radius 2 is 1.86 bits per heavy atom. The Morgan fingerprint density at radius 1 is 1.14 bits per heavy atom. The van der Waals surface area contributed by atoms with Gasteiger partial charge in [0.2, 0.25) is 5.16 Å². The van der Waals surface area contributed by atoms with Gasteiger partial charge in [0.25, 0.3) is 0 Å². The number of nitrogens with zero attached hydrogens (tertiary/aromatic N) is 4. The van der Waals surface area contributed by atoms with E-state index in [9.17, 15) is 13.6 Å². The summed E-state index contributed by atoms with van der Waals surface area (Å²) in [6.07, 6.45) is 0. The highest BCUT2D eigenvalue weighted by Crippen LogP contribution is 2.27. The zero-order valence-electron chi connectivity index (χ0n) is 15.5. The highest BCUT2D eigenvalue weighted by Gasteiger charge is 2.21. The summed E-state index contributed by atoms with van der Waals surface area (Å²) in [5.41, 5.74) is 3.38. The summed E-state index contributed by atoms with van der Waals surface area (Å²) in [6.45, 7) is 2.82. The summed E-state index contributed by atoms with van der Waals surface area (Å²) in [5.74, 6) is -0.158. The first-order chi connectivity index (χ1) is 13.3. The first-order valence-electron chi connectivity index (χ1n) is 8.47. The number of carbonyl (C=O) groups excluding carboxylic acids is 1. The predicted molar refractivity (Wildman–Crippen MR) is 101 cm³/mol. The van der Waals surface area contributed by atoms with E-state index >= 15 is 0 Å². The SMILES string of the molecule is Cc1ccc(-n2nnnc2S[C@@H](C)C(=O)c2ccc(OC(F)F)cc2)c(C)c1. The third kappa shape index (κ3) is 4.53. The van der Waals surface area contributed by atoms with Gasteiger partial charge in [-0.15, -0.1) is 5.10 Å². The molecule has 146 valence electrons. The lowest BCUT2D eigenvalue weighted by Gasteiger charge is -2.12. The molecule has 3 aromatic rings. The minimum absolute atomic E-state index is 0.00523. The Kier molecular flexibility index (Phi) is 6.03. The van der Waals surface area contributed by atoms with E-state index in [0.29, 0.717) is 10.7 Å². The lowest BCUT2D eigenvalue weighted by molar-refractivity contribution is -0.0498. The van der Waals surface area contributed by atoms with Crippen molar-refractivity contribution in [1.29, 1.82) is 0 Å². The number of halogens is 2. The molecule has 0 unspecified atom stereocenters. The lowest BCUT2D eigenvalue weighted by Crippen LogP contribution is -2.15. The maximum atomic E-state index is 12.7. The molecule has 0 spiro atoms. The van der Waals surface area contributed by atoms with Crippen molar-refractivity contribution in [3.8, 4) is 11.4 Å². The van der Waals surface area contributed by atoms with E-state index in [1.807, 2.05) is 32.0 Å². The summed E-state index contributed by atoms with van der Waals surface area (Å²) < 4.78 is 30.4. The van der Waals surface area contributed by atoms with E-state index in [-0.39, 0.29) is 11.5 Å². The Labute approximate surface area is 164 Å². The Morgan fingerprint density at radius 3 is 2.50 bits per heavy atom. The summed E-state index contributed by atoms with van der Waals surface area (Å²) in [7, 11) is 0. The number of aromatic nitrogens is 4. The number of benzene rings is 2. The number of ketones is 1. The normalized spacial score (nSPS) is 12.2. The van der Waals surface area contributed by atoms with Crippen LogP contribution in [0.5, 0.6) is 5.75 Å². The Bertz CT molecular complexity index is 976. The lowest BCUT2D eigenvalue weighted by atomic mass is 10.1. The van der Waals surface area contributed by atoms with E-state index in [1.165, 1.54) is 36.0 Å². The molecule has 3 rings (SSSR count). The molecular weight excluding hydrogens is 386 g/mol. The van der Waals surface area contributed by atoms with E-state index in [2.05, 4.69) is 20.3 Å². The smallest absolute Gasteiger partial charge is 0.387 e. The van der Waals surface area contributed by atoms with Gasteiger partial charge in [0.15, 0.2) is 5.78 Å². The van der Waals surface area contributed by atoms with Gasteiger partial charge in [0.05, 0.1) is 10.9 Å². The van der Waals surface area contributed by atoms with Crippen molar-refractivity contribution < 1.29 is 18.3 Å². The van der Waals surface area contributed by atoms with Crippen LogP contribution in [0, 0.1) is 13.8 Å². The number of thioether (sulfide) groups is 1. The van der Waals surface area contributed by atoms with Crippen molar-refractivity contribution in [3.05, 3.63) is 59.2 Å². The van der Waals surface area contributed by atoms with Crippen LogP contribution in [-0.4, -0.2) is 37.9 Å². The van der Waals surface area contributed by atoms with Crippen LogP contribution in [0.25, 0.3) is 5.69 Å². The van der Waals surface area contributed by atoms with Crippen molar-refractivity contribution in [2.75, 3.05) is 0 Å². The monoisotopic (exact) mass is 404 g/mol. The molecule has 2 aromatic carbocycles. The molecule has 0 saturated carbocycles. The maximum Gasteiger partial charge on any atom is 0.387 e. The van der Waals surface area contributed by atoms with Gasteiger partial charge in [-0.3, -0.25) is 4.79 Å². The van der Waals surface area contributed by atoms with Gasteiger partial charge in [-0.05, 0) is 67.1 Å². The molecule has 0 saturated heterocycles. The molecule has 6 nitrogen and oxygen atoms in total. The highest BCUT2D eigenvalue weighted by molar-refractivity contribution is 8.00. The maximum absolute atomic E-state index is 12.7. The number of aryl methyl sites for hydroxylation is 2. The van der Waals surface area contributed by atoms with Crippen molar-refractivity contribution in [2.45, 2.75) is 37.8 Å². The number of tetrazole rings is 1. The van der Waals surface area contributed by atoms with Crippen LogP contribution in [-0.2, 0) is 0 Å². The Balaban J connectivity index is 1.75. The Hall–Kier alpha value is -2.81. The fourth-order valence-electron chi connectivity index (χ4n) is 2.69. The minimum atomic E-state index is -2.90. The average Bonchev–Trinajstić information content (AvgIpc) is 3.09. The number of alkyl halides is 2. The second kappa shape index (κ2) is 8.47. The van der Waals surface area contributed by atoms with Crippen LogP contribution in [0.3, 0.4) is 0 Å². The van der Waals surface area contributed by atoms with Gasteiger partial charge in [-0.2, -0.15) is 13.5 Å². The molecule has 0 bridgehead atoms. The molecule has 28 heavy (non-hydrogen) atoms. The van der Waals surface area contributed by atoms with Gasteiger partial charge >= 0.3 is 6.61 Å². The van der Waals surface area contributed by atoms with Crippen molar-refractivity contribution in [2.24, 2.45) is 0 Å². The van der Waals surface area contributed by atoms with Crippen LogP contribution in [0.2, 0.25) is 0 Å². The molecular formula is C19H18F2N4O2S. The number of hydrogen-bond donors (Lipinski definition) is 0. The molecule has 0 radical (unpaired) electrons. The quantitative estimate of drug-likeness (QED) is 0.433. The van der Waals surface area contributed by atoms with E-state index in [1.54, 1.807) is 11.6 Å². The zero-order valence-corrected chi connectivity index (χ0v) is 16.3. The fourth-order valence-corrected chi connectivity index (χ4v) is 3.57. The molecule has 0 aliphatic carbocycles. The molecule has 1 aromatic heterocycles. The molecule has 0 aliphatic rings. The largest absolute Gasteiger partial charge is 0.435 e. The van der Waals surface area contributed by atoms with Gasteiger partial charge < -0.3 is 4.74 Å². The molecule has 0 N–H and O–H groups in total. The first-order valence-corrected chi connectivity index (χ1v) is 9.35. The van der Waals surface area contributed by atoms with Crippen LogP contribution >= 0.6 is 11.8 Å². The summed E-state index contributed by atoms with van der Waals surface area (Å²) in [6, 6.07) is 11.5. The van der Waals surface area contributed by atoms with Crippen molar-refractivity contribution in [3.63, 3.8) is 0 Å². The van der Waals surface area contributed by atoms with Crippen molar-refractivity contribution in [1.82, 2.24) is 20.2 Å². The number of Topliss-reactive ketones (excluding diaryl/α,β-unsaturated/α-hetero) is 1. The number of hydrogen-bond acceptors (Lipinski definition) is 6. The molecule has 0 amide bonds. The third-order valence-corrected chi connectivity index (χ3v) is 5.07. The standard InChI is InChI=1S/C19H18F2N4O2S/c1-11-4-9-16(12(2)10-11)25-19(22-23-24-25)28-13(3)17(26)14-5-7-15(8-6-14)27-18(20)21/h4-10,13,18H,1-3H3/t13-/m0/s1. The van der Waals surface area contributed by atoms with E-state index in [4.69, 9.17) is 0 Å². The first kappa shape index (κ1) is 19.9. The number of rotatable bonds is 7. The molecule has 0 aliphatic heterocycles.